The zero-order valence-corrected chi connectivity index (χ0v) is 15.3. The number of nitrogens with two attached hydrogens (primary N) is 1. The number of aliphatic hydroxyl groups is 1. The monoisotopic (exact) mass is 400 g/mol. The Kier molecular flexibility index (Phi) is 10.6. The van der Waals surface area contributed by atoms with Crippen LogP contribution in [0.5, 0.6) is 0 Å². The minimum Gasteiger partial charge on any atom is -1.00 e. The maximum absolute atomic E-state index is 11.7. The number of quaternary nitrogens is 1. The van der Waals surface area contributed by atoms with Crippen LogP contribution in [-0.2, 0) is 4.79 Å². The van der Waals surface area contributed by atoms with Crippen molar-refractivity contribution >= 4 is 12.2 Å². The van der Waals surface area contributed by atoms with E-state index in [0.717, 1.165) is 17.4 Å². The van der Waals surface area contributed by atoms with Crippen LogP contribution in [-0.4, -0.2) is 67.7 Å². The molecule has 7 heteroatoms. The minimum atomic E-state index is -1.19. The Labute approximate surface area is 139 Å². The fourth-order valence-corrected chi connectivity index (χ4v) is 1.40. The van der Waals surface area contributed by atoms with Crippen molar-refractivity contribution in [3.8, 4) is 0 Å². The van der Waals surface area contributed by atoms with Gasteiger partial charge < -0.3 is 44.6 Å². The number of nitrogens with one attached hydrogen (secondary N) is 1. The van der Waals surface area contributed by atoms with E-state index in [0.29, 0.717) is 13.0 Å². The largest absolute Gasteiger partial charge is 1.00 e. The predicted octanol–water partition coefficient (Wildman–Crippen LogP) is -3.28. The van der Waals surface area contributed by atoms with Crippen LogP contribution in [0.4, 0.5) is 0 Å². The molecule has 6 nitrogen and oxygen atoms in total. The van der Waals surface area contributed by atoms with Gasteiger partial charge in [0.2, 0.25) is 5.91 Å². The van der Waals surface area contributed by atoms with Crippen molar-refractivity contribution in [1.82, 2.24) is 5.32 Å². The van der Waals surface area contributed by atoms with E-state index >= 15 is 0 Å². The predicted molar refractivity (Wildman–Crippen MR) is 77.9 cm³/mol. The van der Waals surface area contributed by atoms with Crippen LogP contribution in [0.2, 0.25) is 0 Å². The summed E-state index contributed by atoms with van der Waals surface area (Å²) >= 11 is 0. The second-order valence-corrected chi connectivity index (χ2v) is 6.10. The minimum absolute atomic E-state index is 0. The highest BCUT2D eigenvalue weighted by molar-refractivity contribution is 5.91. The van der Waals surface area contributed by atoms with Gasteiger partial charge in [0.1, 0.15) is 6.04 Å². The van der Waals surface area contributed by atoms with Crippen LogP contribution in [0.1, 0.15) is 26.7 Å². The summed E-state index contributed by atoms with van der Waals surface area (Å²) in [6, 6.07) is -0.949. The van der Waals surface area contributed by atoms with Crippen LogP contribution in [0.3, 0.4) is 0 Å². The molecule has 0 aliphatic carbocycles. The van der Waals surface area contributed by atoms with Gasteiger partial charge in [0.05, 0.1) is 39.6 Å². The molecule has 0 radical (unpaired) electrons. The van der Waals surface area contributed by atoms with Gasteiger partial charge in [-0.2, -0.15) is 0 Å². The van der Waals surface area contributed by atoms with E-state index in [2.05, 4.69) is 31.5 Å². The molecule has 2 unspecified atom stereocenters. The number of nitrogens with zero attached hydrogens (tertiary/aromatic N) is 2. The number of carbonyl (C=O) groups excluding carboxylic acids is 1. The molecule has 0 aromatic heterocycles. The van der Waals surface area contributed by atoms with E-state index in [-0.39, 0.29) is 24.0 Å². The lowest BCUT2D eigenvalue weighted by molar-refractivity contribution is -0.870. The SMILES string of the molecule is CCC(C)(O)C(N)C(=O)NC=NCCC[N+](C)(C)C.[I-]. The second kappa shape index (κ2) is 9.64. The van der Waals surface area contributed by atoms with Gasteiger partial charge >= 0.3 is 0 Å². The number of hydrogen-bond donors (Lipinski definition) is 3. The summed E-state index contributed by atoms with van der Waals surface area (Å²) in [6.07, 6.45) is 2.74. The topological polar surface area (TPSA) is 87.7 Å². The molecule has 0 spiro atoms. The Morgan fingerprint density at radius 3 is 2.50 bits per heavy atom. The summed E-state index contributed by atoms with van der Waals surface area (Å²) in [5, 5.41) is 12.4. The Balaban J connectivity index is 0. The van der Waals surface area contributed by atoms with Crippen molar-refractivity contribution < 1.29 is 38.4 Å². The number of amides is 1. The standard InChI is InChI=1S/C13H28N4O2.HI/c1-6-13(2,19)11(14)12(18)16-10-15-8-7-9-17(3,4)5;/h10-11,19H,6-9,14H2,1-5H3;1H. The summed E-state index contributed by atoms with van der Waals surface area (Å²) in [7, 11) is 6.37. The number of rotatable bonds is 8. The molecule has 0 aliphatic heterocycles. The highest BCUT2D eigenvalue weighted by Gasteiger charge is 2.32. The van der Waals surface area contributed by atoms with Gasteiger partial charge in [0.15, 0.2) is 0 Å². The molecule has 2 atom stereocenters. The molecule has 0 saturated carbocycles. The van der Waals surface area contributed by atoms with Gasteiger partial charge in [0, 0.05) is 13.0 Å². The van der Waals surface area contributed by atoms with Crippen LogP contribution in [0, 0.1) is 0 Å². The fourth-order valence-electron chi connectivity index (χ4n) is 1.40. The van der Waals surface area contributed by atoms with Gasteiger partial charge in [0.25, 0.3) is 0 Å². The van der Waals surface area contributed by atoms with Gasteiger partial charge in [-0.05, 0) is 13.3 Å². The fraction of sp³-hybridized carbons (Fsp3) is 0.846. The molecular formula is C13H29IN4O2. The number of aliphatic imine (C=N–C) groups is 1. The molecule has 0 aromatic rings. The average molecular weight is 400 g/mol. The van der Waals surface area contributed by atoms with E-state index in [4.69, 9.17) is 5.73 Å². The summed E-state index contributed by atoms with van der Waals surface area (Å²) in [6.45, 7) is 5.02. The van der Waals surface area contributed by atoms with Crippen LogP contribution < -0.4 is 35.0 Å². The zero-order chi connectivity index (χ0) is 15.1. The molecule has 120 valence electrons. The molecule has 0 bridgehead atoms. The Morgan fingerprint density at radius 2 is 2.05 bits per heavy atom. The molecule has 0 heterocycles. The lowest BCUT2D eigenvalue weighted by atomic mass is 9.94. The lowest BCUT2D eigenvalue weighted by Crippen LogP contribution is -3.00. The molecule has 0 aromatic carbocycles. The molecule has 20 heavy (non-hydrogen) atoms. The highest BCUT2D eigenvalue weighted by Crippen LogP contribution is 2.12. The molecule has 0 saturated heterocycles. The van der Waals surface area contributed by atoms with Gasteiger partial charge in [-0.3, -0.25) is 9.79 Å². The zero-order valence-electron chi connectivity index (χ0n) is 13.2. The van der Waals surface area contributed by atoms with E-state index in [9.17, 15) is 9.90 Å². The van der Waals surface area contributed by atoms with Crippen LogP contribution in [0.25, 0.3) is 0 Å². The highest BCUT2D eigenvalue weighted by atomic mass is 127. The first kappa shape index (κ1) is 22.0. The van der Waals surface area contributed by atoms with E-state index in [1.54, 1.807) is 13.8 Å². The van der Waals surface area contributed by atoms with E-state index in [1.165, 1.54) is 6.34 Å². The molecular weight excluding hydrogens is 371 g/mol. The summed E-state index contributed by atoms with van der Waals surface area (Å²) in [5.41, 5.74) is 4.48. The molecule has 0 aliphatic rings. The molecule has 0 rings (SSSR count). The van der Waals surface area contributed by atoms with Crippen molar-refractivity contribution in [2.24, 2.45) is 10.7 Å². The first-order valence-corrected chi connectivity index (χ1v) is 6.67. The van der Waals surface area contributed by atoms with Gasteiger partial charge in [-0.15, -0.1) is 0 Å². The van der Waals surface area contributed by atoms with E-state index in [1.807, 2.05) is 0 Å². The van der Waals surface area contributed by atoms with Crippen molar-refractivity contribution in [1.29, 1.82) is 0 Å². The van der Waals surface area contributed by atoms with Gasteiger partial charge in [-0.25, -0.2) is 0 Å². The molecule has 4 N–H and O–H groups in total. The average Bonchev–Trinajstić information content (AvgIpc) is 2.30. The second-order valence-electron chi connectivity index (χ2n) is 6.10. The number of halogens is 1. The third-order valence-corrected chi connectivity index (χ3v) is 3.08. The summed E-state index contributed by atoms with van der Waals surface area (Å²) < 4.78 is 0.895. The number of hydrogen-bond acceptors (Lipinski definition) is 4. The Hall–Kier alpha value is -0.250. The first-order valence-electron chi connectivity index (χ1n) is 6.67. The third-order valence-electron chi connectivity index (χ3n) is 3.08. The van der Waals surface area contributed by atoms with Crippen molar-refractivity contribution in [3.63, 3.8) is 0 Å². The van der Waals surface area contributed by atoms with Crippen LogP contribution in [0.15, 0.2) is 4.99 Å². The maximum Gasteiger partial charge on any atom is 0.244 e. The molecule has 1 amide bonds. The van der Waals surface area contributed by atoms with Crippen molar-refractivity contribution in [3.05, 3.63) is 0 Å². The number of carbonyl (C=O) groups is 1. The maximum atomic E-state index is 11.7. The van der Waals surface area contributed by atoms with Crippen molar-refractivity contribution in [2.75, 3.05) is 34.2 Å². The Morgan fingerprint density at radius 1 is 1.50 bits per heavy atom. The summed E-state index contributed by atoms with van der Waals surface area (Å²) in [5.74, 6) is -0.415. The smallest absolute Gasteiger partial charge is 0.244 e. The summed E-state index contributed by atoms with van der Waals surface area (Å²) in [4.78, 5) is 15.8. The van der Waals surface area contributed by atoms with Crippen molar-refractivity contribution in [2.45, 2.75) is 38.3 Å². The third kappa shape index (κ3) is 9.62. The van der Waals surface area contributed by atoms with Gasteiger partial charge in [-0.1, -0.05) is 6.92 Å². The lowest BCUT2D eigenvalue weighted by Gasteiger charge is -2.27. The Bertz CT molecular complexity index is 314. The normalized spacial score (nSPS) is 16.4. The quantitative estimate of drug-likeness (QED) is 0.131. The van der Waals surface area contributed by atoms with Crippen LogP contribution >= 0.6 is 0 Å². The molecule has 0 fully saturated rings. The first-order chi connectivity index (χ1) is 8.60. The van der Waals surface area contributed by atoms with E-state index < -0.39 is 17.6 Å².